The van der Waals surface area contributed by atoms with Gasteiger partial charge in [-0.1, -0.05) is 5.16 Å². The zero-order valence-electron chi connectivity index (χ0n) is 5.62. The second-order valence-corrected chi connectivity index (χ2v) is 3.93. The van der Waals surface area contributed by atoms with Crippen LogP contribution in [-0.4, -0.2) is 10.1 Å². The Labute approximate surface area is 85.5 Å². The molecule has 6 heteroatoms. The lowest BCUT2D eigenvalue weighted by Crippen LogP contribution is -1.76. The summed E-state index contributed by atoms with van der Waals surface area (Å²) in [6, 6.07) is 0. The summed E-state index contributed by atoms with van der Waals surface area (Å²) < 4.78 is 5.58. The molecule has 0 aliphatic carbocycles. The van der Waals surface area contributed by atoms with Crippen LogP contribution in [0.2, 0.25) is 5.35 Å². The molecular weight excluding hydrogens is 264 g/mol. The lowest BCUT2D eigenvalue weighted by molar-refractivity contribution is 0.421. The van der Waals surface area contributed by atoms with Crippen LogP contribution in [0.4, 0.5) is 0 Å². The summed E-state index contributed by atoms with van der Waals surface area (Å²) in [5, 5.41) is 7.60. The molecule has 0 amide bonds. The lowest BCUT2D eigenvalue weighted by atomic mass is 10.3. The molecule has 2 rings (SSSR count). The highest BCUT2D eigenvalue weighted by atomic mass is 79.9. The molecule has 0 aliphatic heterocycles. The van der Waals surface area contributed by atoms with Gasteiger partial charge in [0.2, 0.25) is 5.82 Å². The molecule has 3 nitrogen and oxygen atoms in total. The average Bonchev–Trinajstić information content (AvgIpc) is 2.58. The summed E-state index contributed by atoms with van der Waals surface area (Å²) in [4.78, 5) is 3.88. The van der Waals surface area contributed by atoms with E-state index in [4.69, 9.17) is 11.6 Å². The third-order valence-corrected chi connectivity index (χ3v) is 3.11. The minimum Gasteiger partial charge on any atom is -0.321 e. The zero-order chi connectivity index (χ0) is 8.55. The molecule has 0 radical (unpaired) electrons. The van der Waals surface area contributed by atoms with E-state index in [1.165, 1.54) is 0 Å². The summed E-state index contributed by atoms with van der Waals surface area (Å²) in [6.07, 6.45) is 0. The van der Waals surface area contributed by atoms with Crippen LogP contribution >= 0.6 is 38.9 Å². The molecular formula is C6H2BrClN2OS. The van der Waals surface area contributed by atoms with Crippen LogP contribution in [0.1, 0.15) is 0 Å². The maximum atomic E-state index is 5.48. The number of hydrogen-bond acceptors (Lipinski definition) is 4. The monoisotopic (exact) mass is 264 g/mol. The van der Waals surface area contributed by atoms with Crippen molar-refractivity contribution in [3.05, 3.63) is 20.6 Å². The fourth-order valence-electron chi connectivity index (χ4n) is 0.755. The Morgan fingerprint density at radius 2 is 2.33 bits per heavy atom. The van der Waals surface area contributed by atoms with Gasteiger partial charge in [0, 0.05) is 20.8 Å². The van der Waals surface area contributed by atoms with Gasteiger partial charge in [-0.05, 0) is 27.5 Å². The van der Waals surface area contributed by atoms with Crippen molar-refractivity contribution in [1.82, 2.24) is 10.1 Å². The number of thiophene rings is 1. The molecule has 2 aromatic heterocycles. The Bertz CT molecular complexity index is 400. The first-order valence-electron chi connectivity index (χ1n) is 2.98. The molecule has 0 bridgehead atoms. The van der Waals surface area contributed by atoms with Crippen LogP contribution in [0.5, 0.6) is 0 Å². The van der Waals surface area contributed by atoms with Gasteiger partial charge in [0.25, 0.3) is 0 Å². The van der Waals surface area contributed by atoms with E-state index < -0.39 is 0 Å². The Balaban J connectivity index is 2.50. The molecule has 0 aliphatic rings. The smallest absolute Gasteiger partial charge is 0.320 e. The van der Waals surface area contributed by atoms with Gasteiger partial charge in [-0.15, -0.1) is 0 Å². The summed E-state index contributed by atoms with van der Waals surface area (Å²) in [5.74, 6) is 0.508. The molecule has 12 heavy (non-hydrogen) atoms. The quantitative estimate of drug-likeness (QED) is 0.795. The highest BCUT2D eigenvalue weighted by Crippen LogP contribution is 2.29. The number of hydrogen-bond donors (Lipinski definition) is 0. The Morgan fingerprint density at radius 3 is 2.83 bits per heavy atom. The van der Waals surface area contributed by atoms with Crippen molar-refractivity contribution < 1.29 is 4.52 Å². The van der Waals surface area contributed by atoms with Gasteiger partial charge in [-0.25, -0.2) is 0 Å². The standard InChI is InChI=1S/C6H2BrClN2OS/c7-4-2-12-1-3(4)5-9-6(8)11-10-5/h1-2H. The minimum atomic E-state index is 0.0584. The fraction of sp³-hybridized carbons (Fsp3) is 0. The molecule has 0 unspecified atom stereocenters. The molecule has 0 N–H and O–H groups in total. The molecule has 0 fully saturated rings. The maximum absolute atomic E-state index is 5.48. The van der Waals surface area contributed by atoms with Crippen molar-refractivity contribution in [2.75, 3.05) is 0 Å². The molecule has 0 saturated carbocycles. The van der Waals surface area contributed by atoms with Gasteiger partial charge >= 0.3 is 5.35 Å². The van der Waals surface area contributed by atoms with Gasteiger partial charge < -0.3 is 4.52 Å². The van der Waals surface area contributed by atoms with Crippen molar-refractivity contribution >= 4 is 38.9 Å². The van der Waals surface area contributed by atoms with E-state index in [-0.39, 0.29) is 5.35 Å². The third-order valence-electron chi connectivity index (χ3n) is 1.26. The lowest BCUT2D eigenvalue weighted by Gasteiger charge is -1.86. The van der Waals surface area contributed by atoms with E-state index in [9.17, 15) is 0 Å². The Kier molecular flexibility index (Phi) is 2.16. The van der Waals surface area contributed by atoms with Crippen LogP contribution in [0, 0.1) is 0 Å². The first-order valence-corrected chi connectivity index (χ1v) is 5.10. The second-order valence-electron chi connectivity index (χ2n) is 2.00. The van der Waals surface area contributed by atoms with E-state index in [1.54, 1.807) is 11.3 Å². The van der Waals surface area contributed by atoms with Gasteiger partial charge in [-0.3, -0.25) is 0 Å². The highest BCUT2D eigenvalue weighted by molar-refractivity contribution is 9.10. The molecule has 2 aromatic rings. The third kappa shape index (κ3) is 1.39. The molecule has 0 spiro atoms. The predicted molar refractivity (Wildman–Crippen MR) is 50.3 cm³/mol. The van der Waals surface area contributed by atoms with Crippen molar-refractivity contribution in [3.8, 4) is 11.4 Å². The van der Waals surface area contributed by atoms with E-state index in [2.05, 4.69) is 30.6 Å². The summed E-state index contributed by atoms with van der Waals surface area (Å²) in [5.41, 5.74) is 0.899. The van der Waals surface area contributed by atoms with Crippen molar-refractivity contribution in [1.29, 1.82) is 0 Å². The number of halogens is 2. The molecule has 0 saturated heterocycles. The van der Waals surface area contributed by atoms with E-state index in [0.717, 1.165) is 10.0 Å². The molecule has 0 atom stereocenters. The van der Waals surface area contributed by atoms with E-state index in [1.807, 2.05) is 10.8 Å². The zero-order valence-corrected chi connectivity index (χ0v) is 8.78. The van der Waals surface area contributed by atoms with Gasteiger partial charge in [-0.2, -0.15) is 16.3 Å². The normalized spacial score (nSPS) is 10.5. The summed E-state index contributed by atoms with van der Waals surface area (Å²) in [6.45, 7) is 0. The fourth-order valence-corrected chi connectivity index (χ4v) is 2.32. The minimum absolute atomic E-state index is 0.0584. The number of rotatable bonds is 1. The number of nitrogens with zero attached hydrogens (tertiary/aromatic N) is 2. The summed E-state index contributed by atoms with van der Waals surface area (Å²) in [7, 11) is 0. The van der Waals surface area contributed by atoms with Crippen molar-refractivity contribution in [2.45, 2.75) is 0 Å². The highest BCUT2D eigenvalue weighted by Gasteiger charge is 2.10. The first kappa shape index (κ1) is 8.22. The molecule has 2 heterocycles. The van der Waals surface area contributed by atoms with E-state index in [0.29, 0.717) is 5.82 Å². The molecule has 62 valence electrons. The van der Waals surface area contributed by atoms with Crippen molar-refractivity contribution in [2.24, 2.45) is 0 Å². The SMILES string of the molecule is Clc1nc(-c2cscc2Br)no1. The molecule has 0 aromatic carbocycles. The summed E-state index contributed by atoms with van der Waals surface area (Å²) >= 11 is 10.4. The van der Waals surface area contributed by atoms with Gasteiger partial charge in [0.05, 0.1) is 0 Å². The van der Waals surface area contributed by atoms with Crippen LogP contribution in [0.15, 0.2) is 19.8 Å². The second kappa shape index (κ2) is 3.16. The maximum Gasteiger partial charge on any atom is 0.320 e. The van der Waals surface area contributed by atoms with Crippen molar-refractivity contribution in [3.63, 3.8) is 0 Å². The largest absolute Gasteiger partial charge is 0.321 e. The topological polar surface area (TPSA) is 38.9 Å². The Morgan fingerprint density at radius 1 is 1.50 bits per heavy atom. The van der Waals surface area contributed by atoms with E-state index >= 15 is 0 Å². The predicted octanol–water partition coefficient (Wildman–Crippen LogP) is 3.21. The van der Waals surface area contributed by atoms with Gasteiger partial charge in [0.1, 0.15) is 0 Å². The Hall–Kier alpha value is -0.390. The average molecular weight is 266 g/mol. The first-order chi connectivity index (χ1) is 5.77. The van der Waals surface area contributed by atoms with Crippen LogP contribution in [0.3, 0.4) is 0 Å². The van der Waals surface area contributed by atoms with Gasteiger partial charge in [0.15, 0.2) is 0 Å². The van der Waals surface area contributed by atoms with Crippen LogP contribution in [0.25, 0.3) is 11.4 Å². The van der Waals surface area contributed by atoms with Crippen LogP contribution < -0.4 is 0 Å². The number of aromatic nitrogens is 2. The van der Waals surface area contributed by atoms with Crippen LogP contribution in [-0.2, 0) is 0 Å².